The topological polar surface area (TPSA) is 71.9 Å². The van der Waals surface area contributed by atoms with E-state index in [0.29, 0.717) is 0 Å². The average molecular weight is 168 g/mol. The molecule has 1 N–H and O–H groups in total. The van der Waals surface area contributed by atoms with Crippen LogP contribution in [0.4, 0.5) is 0 Å². The number of aromatic amines is 1. The maximum Gasteiger partial charge on any atom is 0.328 e. The van der Waals surface area contributed by atoms with Gasteiger partial charge in [0.05, 0.1) is 6.54 Å². The lowest BCUT2D eigenvalue weighted by molar-refractivity contribution is -0.117. The van der Waals surface area contributed by atoms with Crippen molar-refractivity contribution in [3.63, 3.8) is 0 Å². The van der Waals surface area contributed by atoms with E-state index in [1.54, 1.807) is 0 Å². The zero-order chi connectivity index (χ0) is 9.14. The van der Waals surface area contributed by atoms with Gasteiger partial charge in [-0.2, -0.15) is 0 Å². The second-order valence-corrected chi connectivity index (χ2v) is 2.41. The Labute approximate surface area is 67.7 Å². The van der Waals surface area contributed by atoms with Gasteiger partial charge < -0.3 is 4.98 Å². The Hall–Kier alpha value is -1.65. The lowest BCUT2D eigenvalue weighted by atomic mass is 10.4. The lowest BCUT2D eigenvalue weighted by Gasteiger charge is -1.97. The molecule has 1 aromatic heterocycles. The molecule has 0 aliphatic rings. The Morgan fingerprint density at radius 1 is 1.58 bits per heavy atom. The van der Waals surface area contributed by atoms with Gasteiger partial charge in [0, 0.05) is 12.3 Å². The van der Waals surface area contributed by atoms with E-state index in [-0.39, 0.29) is 12.3 Å². The van der Waals surface area contributed by atoms with Gasteiger partial charge in [-0.3, -0.25) is 14.2 Å². The molecule has 1 aromatic rings. The SMILES string of the molecule is CC(=O)Cn1c(=O)cc[nH]c1=O. The molecular formula is C7H8N2O3. The standard InChI is InChI=1S/C7H8N2O3/c1-5(10)4-9-6(11)2-3-8-7(9)12/h2-3H,4H2,1H3,(H,8,12). The van der Waals surface area contributed by atoms with Crippen LogP contribution in [0.5, 0.6) is 0 Å². The molecule has 0 unspecified atom stereocenters. The summed E-state index contributed by atoms with van der Waals surface area (Å²) in [5, 5.41) is 0. The van der Waals surface area contributed by atoms with Crippen LogP contribution in [0.15, 0.2) is 21.9 Å². The van der Waals surface area contributed by atoms with Crippen molar-refractivity contribution in [2.24, 2.45) is 0 Å². The number of hydrogen-bond acceptors (Lipinski definition) is 3. The van der Waals surface area contributed by atoms with Crippen molar-refractivity contribution >= 4 is 5.78 Å². The van der Waals surface area contributed by atoms with Crippen LogP contribution in [-0.4, -0.2) is 15.3 Å². The maximum atomic E-state index is 11.0. The molecule has 0 aromatic carbocycles. The van der Waals surface area contributed by atoms with Crippen molar-refractivity contribution in [1.29, 1.82) is 0 Å². The van der Waals surface area contributed by atoms with Crippen LogP contribution < -0.4 is 11.2 Å². The molecule has 0 atom stereocenters. The highest BCUT2D eigenvalue weighted by atomic mass is 16.2. The molecule has 64 valence electrons. The quantitative estimate of drug-likeness (QED) is 0.623. The van der Waals surface area contributed by atoms with Gasteiger partial charge in [-0.15, -0.1) is 0 Å². The van der Waals surface area contributed by atoms with Gasteiger partial charge in [-0.05, 0) is 6.92 Å². The molecule has 0 saturated carbocycles. The minimum absolute atomic E-state index is 0.172. The van der Waals surface area contributed by atoms with Gasteiger partial charge >= 0.3 is 5.69 Å². The predicted molar refractivity (Wildman–Crippen MR) is 42.0 cm³/mol. The highest BCUT2D eigenvalue weighted by Gasteiger charge is 2.01. The van der Waals surface area contributed by atoms with Crippen molar-refractivity contribution in [1.82, 2.24) is 9.55 Å². The number of carbonyl (C=O) groups excluding carboxylic acids is 1. The Bertz CT molecular complexity index is 373. The molecule has 5 heteroatoms. The molecule has 1 rings (SSSR count). The minimum Gasteiger partial charge on any atom is -0.314 e. The molecule has 12 heavy (non-hydrogen) atoms. The third-order valence-electron chi connectivity index (χ3n) is 1.32. The third-order valence-corrected chi connectivity index (χ3v) is 1.32. The number of aromatic nitrogens is 2. The lowest BCUT2D eigenvalue weighted by Crippen LogP contribution is -2.35. The van der Waals surface area contributed by atoms with Crippen LogP contribution in [-0.2, 0) is 11.3 Å². The van der Waals surface area contributed by atoms with Crippen molar-refractivity contribution in [2.75, 3.05) is 0 Å². The fraction of sp³-hybridized carbons (Fsp3) is 0.286. The molecule has 0 aliphatic heterocycles. The Kier molecular flexibility index (Phi) is 2.23. The Morgan fingerprint density at radius 2 is 2.25 bits per heavy atom. The first kappa shape index (κ1) is 8.45. The zero-order valence-electron chi connectivity index (χ0n) is 6.53. The normalized spacial score (nSPS) is 9.75. The summed E-state index contributed by atoms with van der Waals surface area (Å²) in [5.41, 5.74) is -1.02. The summed E-state index contributed by atoms with van der Waals surface area (Å²) in [6, 6.07) is 1.20. The minimum atomic E-state index is -0.558. The summed E-state index contributed by atoms with van der Waals surface area (Å²) in [4.78, 5) is 34.8. The second kappa shape index (κ2) is 3.17. The molecule has 0 amide bonds. The van der Waals surface area contributed by atoms with E-state index < -0.39 is 11.2 Å². The molecule has 0 aliphatic carbocycles. The van der Waals surface area contributed by atoms with E-state index in [1.807, 2.05) is 0 Å². The number of nitrogens with one attached hydrogen (secondary N) is 1. The first-order valence-electron chi connectivity index (χ1n) is 3.39. The number of ketones is 1. The van der Waals surface area contributed by atoms with Crippen LogP contribution in [0.25, 0.3) is 0 Å². The van der Waals surface area contributed by atoms with Crippen molar-refractivity contribution in [3.8, 4) is 0 Å². The van der Waals surface area contributed by atoms with E-state index in [4.69, 9.17) is 0 Å². The zero-order valence-corrected chi connectivity index (χ0v) is 6.53. The van der Waals surface area contributed by atoms with Crippen LogP contribution in [0, 0.1) is 0 Å². The van der Waals surface area contributed by atoms with Crippen LogP contribution >= 0.6 is 0 Å². The number of nitrogens with zero attached hydrogens (tertiary/aromatic N) is 1. The summed E-state index contributed by atoms with van der Waals surface area (Å²) in [6.45, 7) is 1.15. The molecule has 1 heterocycles. The number of hydrogen-bond donors (Lipinski definition) is 1. The smallest absolute Gasteiger partial charge is 0.314 e. The van der Waals surface area contributed by atoms with Gasteiger partial charge in [0.25, 0.3) is 5.56 Å². The summed E-state index contributed by atoms with van der Waals surface area (Å²) < 4.78 is 0.850. The van der Waals surface area contributed by atoms with Crippen LogP contribution in [0.3, 0.4) is 0 Å². The van der Waals surface area contributed by atoms with E-state index in [0.717, 1.165) is 4.57 Å². The summed E-state index contributed by atoms with van der Waals surface area (Å²) in [5.74, 6) is -0.228. The van der Waals surface area contributed by atoms with Crippen molar-refractivity contribution in [3.05, 3.63) is 33.1 Å². The summed E-state index contributed by atoms with van der Waals surface area (Å²) >= 11 is 0. The first-order chi connectivity index (χ1) is 5.61. The van der Waals surface area contributed by atoms with Gasteiger partial charge in [0.15, 0.2) is 0 Å². The van der Waals surface area contributed by atoms with E-state index in [1.165, 1.54) is 19.2 Å². The fourth-order valence-electron chi connectivity index (χ4n) is 0.825. The third kappa shape index (κ3) is 1.69. The first-order valence-corrected chi connectivity index (χ1v) is 3.39. The monoisotopic (exact) mass is 168 g/mol. The van der Waals surface area contributed by atoms with Crippen molar-refractivity contribution < 1.29 is 4.79 Å². The van der Waals surface area contributed by atoms with E-state index in [2.05, 4.69) is 4.98 Å². The van der Waals surface area contributed by atoms with Crippen LogP contribution in [0.2, 0.25) is 0 Å². The van der Waals surface area contributed by atoms with Gasteiger partial charge in [-0.1, -0.05) is 0 Å². The van der Waals surface area contributed by atoms with E-state index >= 15 is 0 Å². The van der Waals surface area contributed by atoms with Gasteiger partial charge in [0.2, 0.25) is 0 Å². The molecule has 0 radical (unpaired) electrons. The summed E-state index contributed by atoms with van der Waals surface area (Å²) in [6.07, 6.45) is 1.25. The largest absolute Gasteiger partial charge is 0.328 e. The predicted octanol–water partition coefficient (Wildman–Crippen LogP) is -0.874. The molecule has 0 spiro atoms. The highest BCUT2D eigenvalue weighted by Crippen LogP contribution is 1.73. The number of carbonyl (C=O) groups is 1. The van der Waals surface area contributed by atoms with Crippen molar-refractivity contribution in [2.45, 2.75) is 13.5 Å². The van der Waals surface area contributed by atoms with Gasteiger partial charge in [0.1, 0.15) is 5.78 Å². The maximum absolute atomic E-state index is 11.0. The molecule has 0 bridgehead atoms. The summed E-state index contributed by atoms with van der Waals surface area (Å²) in [7, 11) is 0. The van der Waals surface area contributed by atoms with Crippen LogP contribution in [0.1, 0.15) is 6.92 Å². The Morgan fingerprint density at radius 3 is 2.75 bits per heavy atom. The Balaban J connectivity index is 3.23. The molecule has 0 fully saturated rings. The highest BCUT2D eigenvalue weighted by molar-refractivity contribution is 5.75. The number of H-pyrrole nitrogens is 1. The van der Waals surface area contributed by atoms with E-state index in [9.17, 15) is 14.4 Å². The second-order valence-electron chi connectivity index (χ2n) is 2.41. The number of rotatable bonds is 2. The average Bonchev–Trinajstić information content (AvgIpc) is 1.97. The molecular weight excluding hydrogens is 160 g/mol. The molecule has 0 saturated heterocycles. The number of Topliss-reactive ketones (excluding diaryl/α,β-unsaturated/α-hetero) is 1. The fourth-order valence-corrected chi connectivity index (χ4v) is 0.825. The molecule has 5 nitrogen and oxygen atoms in total. The van der Waals surface area contributed by atoms with Gasteiger partial charge in [-0.25, -0.2) is 4.79 Å².